The number of ketones is 1. The largest absolute Gasteiger partial charge is 0.477 e. The number of nitrogens with two attached hydrogens (primary N) is 1. The molecule has 9 nitrogen and oxygen atoms in total. The molecule has 1 atom stereocenters. The number of piperidine rings is 1. The molecule has 0 spiro atoms. The average Bonchev–Trinajstić information content (AvgIpc) is 3.67. The summed E-state index contributed by atoms with van der Waals surface area (Å²) < 4.78 is 44.8. The molecule has 36 heavy (non-hydrogen) atoms. The monoisotopic (exact) mass is 508 g/mol. The van der Waals surface area contributed by atoms with Gasteiger partial charge >= 0.3 is 12.4 Å². The third-order valence-corrected chi connectivity index (χ3v) is 6.78. The van der Waals surface area contributed by atoms with Crippen molar-refractivity contribution in [2.75, 3.05) is 31.1 Å². The van der Waals surface area contributed by atoms with E-state index >= 15 is 4.39 Å². The third kappa shape index (κ3) is 4.34. The molecule has 2 heterocycles. The number of carbonyl (C=O) groups is 2. The van der Waals surface area contributed by atoms with Gasteiger partial charge in [0, 0.05) is 43.7 Å². The van der Waals surface area contributed by atoms with Crippen LogP contribution in [0.3, 0.4) is 0 Å². The Morgan fingerprint density at radius 2 is 2.06 bits per heavy atom. The second-order valence-electron chi connectivity index (χ2n) is 9.35. The number of hydrogen-bond acceptors (Lipinski definition) is 7. The number of carboxylic acid groups (broad SMARTS) is 1. The van der Waals surface area contributed by atoms with Gasteiger partial charge in [0.05, 0.1) is 27.9 Å². The van der Waals surface area contributed by atoms with Gasteiger partial charge in [-0.15, -0.1) is 0 Å². The second kappa shape index (κ2) is 9.57. The number of Topliss-reactive ketones (excluding diaryl/α,β-unsaturated/α-hetero) is 1. The van der Waals surface area contributed by atoms with E-state index in [0.29, 0.717) is 25.2 Å². The number of halogens is 3. The molecule has 0 bridgehead atoms. The predicted octanol–water partition coefficient (Wildman–Crippen LogP) is 3.19. The second-order valence-corrected chi connectivity index (χ2v) is 9.35. The molecule has 12 heteroatoms. The Kier molecular flexibility index (Phi) is 6.82. The van der Waals surface area contributed by atoms with Crippen LogP contribution < -0.4 is 16.1 Å². The lowest BCUT2D eigenvalue weighted by Crippen LogP contribution is -2.52. The molecule has 3 N–H and O–H groups in total. The summed E-state index contributed by atoms with van der Waals surface area (Å²) >= 11 is 0. The molecule has 1 saturated heterocycles. The molecule has 1 aliphatic carbocycles. The van der Waals surface area contributed by atoms with E-state index in [0.717, 1.165) is 12.3 Å². The summed E-state index contributed by atoms with van der Waals surface area (Å²) in [6, 6.07) is 0.541. The fourth-order valence-electron chi connectivity index (χ4n) is 4.73. The van der Waals surface area contributed by atoms with E-state index in [-0.39, 0.29) is 43.3 Å². The zero-order valence-corrected chi connectivity index (χ0v) is 19.9. The minimum Gasteiger partial charge on any atom is -0.477 e. The van der Waals surface area contributed by atoms with Crippen LogP contribution in [0.25, 0.3) is 10.9 Å². The number of hydrogen-bond donors (Lipinski definition) is 2. The smallest absolute Gasteiger partial charge is 0.341 e. The van der Waals surface area contributed by atoms with E-state index in [1.807, 2.05) is 0 Å². The summed E-state index contributed by atoms with van der Waals surface area (Å²) in [4.78, 5) is 44.1. The van der Waals surface area contributed by atoms with Crippen LogP contribution in [-0.2, 0) is 4.84 Å². The Morgan fingerprint density at radius 3 is 2.61 bits per heavy atom. The van der Waals surface area contributed by atoms with Gasteiger partial charge in [-0.1, -0.05) is 12.1 Å². The molecule has 2 fully saturated rings. The van der Waals surface area contributed by atoms with Crippen molar-refractivity contribution < 1.29 is 32.7 Å². The minimum atomic E-state index is -3.48. The number of benzene rings is 1. The number of aromatic nitrogens is 1. The Morgan fingerprint density at radius 1 is 1.36 bits per heavy atom. The van der Waals surface area contributed by atoms with E-state index in [1.165, 1.54) is 9.47 Å². The van der Waals surface area contributed by atoms with Crippen LogP contribution in [0.15, 0.2) is 22.2 Å². The fraction of sp³-hybridized carbons (Fsp3) is 0.500. The Bertz CT molecular complexity index is 1320. The van der Waals surface area contributed by atoms with Crippen molar-refractivity contribution in [2.24, 2.45) is 16.3 Å². The Balaban J connectivity index is 2.00. The van der Waals surface area contributed by atoms with Gasteiger partial charge in [-0.05, 0) is 25.8 Å². The highest BCUT2D eigenvalue weighted by Gasteiger charge is 2.40. The summed E-state index contributed by atoms with van der Waals surface area (Å²) in [6.45, 7) is 4.16. The maximum Gasteiger partial charge on any atom is 0.341 e. The van der Waals surface area contributed by atoms with Gasteiger partial charge < -0.3 is 25.1 Å². The highest BCUT2D eigenvalue weighted by Crippen LogP contribution is 2.42. The SMILES string of the molecule is CCO/N=C1/CCN(c2c(F)cc3c(=O)c(C(=O)O)cn(C4CC4)c3c2C(=O)C(F)F)CC1(C)CN. The number of aromatic carboxylic acids is 1. The molecule has 1 unspecified atom stereocenters. The number of pyridine rings is 1. The highest BCUT2D eigenvalue weighted by atomic mass is 19.3. The van der Waals surface area contributed by atoms with Gasteiger partial charge in [0.2, 0.25) is 11.2 Å². The molecule has 2 aliphatic rings. The Labute approximate surface area is 204 Å². The first-order valence-corrected chi connectivity index (χ1v) is 11.6. The summed E-state index contributed by atoms with van der Waals surface area (Å²) in [5.41, 5.74) is 2.99. The lowest BCUT2D eigenvalue weighted by molar-refractivity contribution is 0.0679. The van der Waals surface area contributed by atoms with E-state index in [1.54, 1.807) is 13.8 Å². The van der Waals surface area contributed by atoms with Gasteiger partial charge in [-0.2, -0.15) is 0 Å². The van der Waals surface area contributed by atoms with Crippen LogP contribution in [0.1, 0.15) is 59.9 Å². The molecular weight excluding hydrogens is 481 g/mol. The van der Waals surface area contributed by atoms with Crippen LogP contribution in [0.2, 0.25) is 0 Å². The van der Waals surface area contributed by atoms with Crippen molar-refractivity contribution in [1.29, 1.82) is 0 Å². The van der Waals surface area contributed by atoms with Crippen molar-refractivity contribution in [1.82, 2.24) is 4.57 Å². The van der Waals surface area contributed by atoms with E-state index < -0.39 is 51.4 Å². The van der Waals surface area contributed by atoms with Gasteiger partial charge in [-0.3, -0.25) is 9.59 Å². The fourth-order valence-corrected chi connectivity index (χ4v) is 4.73. The molecule has 1 saturated carbocycles. The maximum absolute atomic E-state index is 15.7. The van der Waals surface area contributed by atoms with E-state index in [4.69, 9.17) is 10.6 Å². The van der Waals surface area contributed by atoms with Crippen molar-refractivity contribution in [3.8, 4) is 0 Å². The highest BCUT2D eigenvalue weighted by molar-refractivity contribution is 6.14. The topological polar surface area (TPSA) is 127 Å². The molecule has 1 aromatic carbocycles. The molecular formula is C24H27F3N4O5. The first kappa shape index (κ1) is 25.7. The van der Waals surface area contributed by atoms with Crippen LogP contribution in [0, 0.1) is 11.2 Å². The molecule has 194 valence electrons. The van der Waals surface area contributed by atoms with Gasteiger partial charge in [0.1, 0.15) is 18.0 Å². The normalized spacial score (nSPS) is 21.4. The van der Waals surface area contributed by atoms with E-state index in [2.05, 4.69) is 5.16 Å². The lowest BCUT2D eigenvalue weighted by atomic mass is 9.79. The number of oxime groups is 1. The van der Waals surface area contributed by atoms with Gasteiger partial charge in [0.15, 0.2) is 0 Å². The van der Waals surface area contributed by atoms with E-state index in [9.17, 15) is 28.3 Å². The summed E-state index contributed by atoms with van der Waals surface area (Å²) in [5, 5.41) is 13.2. The van der Waals surface area contributed by atoms with Crippen LogP contribution in [-0.4, -0.2) is 59.8 Å². The molecule has 1 aromatic heterocycles. The van der Waals surface area contributed by atoms with Crippen LogP contribution in [0.4, 0.5) is 18.9 Å². The first-order valence-electron chi connectivity index (χ1n) is 11.6. The number of carbonyl (C=O) groups excluding carboxylic acids is 1. The Hall–Kier alpha value is -3.41. The molecule has 4 rings (SSSR count). The summed E-state index contributed by atoms with van der Waals surface area (Å²) in [6.07, 6.45) is -0.949. The van der Waals surface area contributed by atoms with Crippen LogP contribution >= 0.6 is 0 Å². The van der Waals surface area contributed by atoms with Crippen molar-refractivity contribution >= 4 is 34.1 Å². The van der Waals surface area contributed by atoms with Crippen molar-refractivity contribution in [3.05, 3.63) is 39.4 Å². The molecule has 0 radical (unpaired) electrons. The van der Waals surface area contributed by atoms with Gasteiger partial charge in [-0.25, -0.2) is 18.0 Å². The number of fused-ring (bicyclic) bond motifs is 1. The van der Waals surface area contributed by atoms with Gasteiger partial charge in [0.25, 0.3) is 0 Å². The number of alkyl halides is 2. The third-order valence-electron chi connectivity index (χ3n) is 6.78. The maximum atomic E-state index is 15.7. The predicted molar refractivity (Wildman–Crippen MR) is 127 cm³/mol. The van der Waals surface area contributed by atoms with Crippen molar-refractivity contribution in [2.45, 2.75) is 45.6 Å². The average molecular weight is 508 g/mol. The number of rotatable bonds is 8. The zero-order chi connectivity index (χ0) is 26.4. The molecule has 0 amide bonds. The minimum absolute atomic E-state index is 0.0578. The number of carboxylic acids is 1. The molecule has 2 aromatic rings. The van der Waals surface area contributed by atoms with Crippen LogP contribution in [0.5, 0.6) is 0 Å². The number of anilines is 1. The quantitative estimate of drug-likeness (QED) is 0.414. The zero-order valence-electron chi connectivity index (χ0n) is 19.9. The lowest BCUT2D eigenvalue weighted by Gasteiger charge is -2.42. The summed E-state index contributed by atoms with van der Waals surface area (Å²) in [5.74, 6) is -4.24. The number of nitrogens with zero attached hydrogens (tertiary/aromatic N) is 3. The first-order chi connectivity index (χ1) is 17.0. The summed E-state index contributed by atoms with van der Waals surface area (Å²) in [7, 11) is 0. The standard InChI is InChI=1S/C24H27F3N4O5/c1-3-36-29-16-6-7-30(11-24(16,2)10-28)19-15(25)8-13-18(17(19)21(33)22(26)27)31(12-4-5-12)9-14(20(13)32)23(34)35/h8-9,12,22H,3-7,10-11,28H2,1-2H3,(H,34,35)/b29-16-. The van der Waals surface area contributed by atoms with Crippen molar-refractivity contribution in [3.63, 3.8) is 0 Å². The molecule has 1 aliphatic heterocycles.